The topological polar surface area (TPSA) is 23.8 Å². The van der Waals surface area contributed by atoms with E-state index in [4.69, 9.17) is 0 Å². The summed E-state index contributed by atoms with van der Waals surface area (Å²) in [6.45, 7) is 0. The molecular formula is C16H20IN. The summed E-state index contributed by atoms with van der Waals surface area (Å²) in [4.78, 5) is 0. The molecule has 1 aromatic rings. The Morgan fingerprint density at radius 3 is 2.11 bits per heavy atom. The Balaban J connectivity index is 2.11. The van der Waals surface area contributed by atoms with Crippen molar-refractivity contribution < 1.29 is 0 Å². The normalized spacial score (nSPS) is 19.6. The Morgan fingerprint density at radius 1 is 1.00 bits per heavy atom. The van der Waals surface area contributed by atoms with Gasteiger partial charge in [0.1, 0.15) is 0 Å². The van der Waals surface area contributed by atoms with Crippen LogP contribution in [0.15, 0.2) is 24.3 Å². The molecule has 2 rings (SSSR count). The zero-order valence-electron chi connectivity index (χ0n) is 10.8. The van der Waals surface area contributed by atoms with Gasteiger partial charge in [0.15, 0.2) is 0 Å². The van der Waals surface area contributed by atoms with Gasteiger partial charge in [-0.05, 0) is 59.5 Å². The molecule has 0 bridgehead atoms. The maximum Gasteiger partial charge on any atom is 0.0693 e. The zero-order chi connectivity index (χ0) is 12.8. The fourth-order valence-corrected chi connectivity index (χ4v) is 3.26. The van der Waals surface area contributed by atoms with E-state index in [-0.39, 0.29) is 5.41 Å². The molecule has 0 aromatic heterocycles. The summed E-state index contributed by atoms with van der Waals surface area (Å²) in [5.74, 6) is 0. The van der Waals surface area contributed by atoms with Crippen molar-refractivity contribution in [1.82, 2.24) is 0 Å². The summed E-state index contributed by atoms with van der Waals surface area (Å²) in [5, 5.41) is 9.62. The van der Waals surface area contributed by atoms with E-state index in [0.29, 0.717) is 0 Å². The molecule has 0 radical (unpaired) electrons. The van der Waals surface area contributed by atoms with E-state index in [2.05, 4.69) is 52.9 Å². The van der Waals surface area contributed by atoms with Gasteiger partial charge in [0.25, 0.3) is 0 Å². The molecule has 18 heavy (non-hydrogen) atoms. The average molecular weight is 353 g/mol. The Labute approximate surface area is 124 Å². The Morgan fingerprint density at radius 2 is 1.56 bits per heavy atom. The molecule has 1 aliphatic rings. The third kappa shape index (κ3) is 3.71. The molecule has 0 saturated heterocycles. The molecule has 0 heterocycles. The monoisotopic (exact) mass is 353 g/mol. The molecule has 1 aromatic carbocycles. The first kappa shape index (κ1) is 13.9. The largest absolute Gasteiger partial charge is 0.198 e. The molecule has 2 heteroatoms. The highest BCUT2D eigenvalue weighted by molar-refractivity contribution is 14.1. The maximum atomic E-state index is 9.62. The highest BCUT2D eigenvalue weighted by Crippen LogP contribution is 2.36. The maximum absolute atomic E-state index is 9.62. The first-order valence-corrected chi connectivity index (χ1v) is 7.98. The van der Waals surface area contributed by atoms with Gasteiger partial charge in [0, 0.05) is 3.57 Å². The summed E-state index contributed by atoms with van der Waals surface area (Å²) in [7, 11) is 0. The van der Waals surface area contributed by atoms with Crippen LogP contribution >= 0.6 is 22.6 Å². The summed E-state index contributed by atoms with van der Waals surface area (Å²) in [6.07, 6.45) is 9.48. The second-order valence-corrected chi connectivity index (χ2v) is 6.71. The predicted octanol–water partition coefficient (Wildman–Crippen LogP) is 5.09. The van der Waals surface area contributed by atoms with Crippen molar-refractivity contribution in [2.24, 2.45) is 5.41 Å². The zero-order valence-corrected chi connectivity index (χ0v) is 12.9. The van der Waals surface area contributed by atoms with E-state index < -0.39 is 0 Å². The molecule has 96 valence electrons. The van der Waals surface area contributed by atoms with Crippen LogP contribution in [-0.2, 0) is 6.42 Å². The highest BCUT2D eigenvalue weighted by Gasteiger charge is 2.30. The van der Waals surface area contributed by atoms with Gasteiger partial charge in [-0.3, -0.25) is 0 Å². The lowest BCUT2D eigenvalue weighted by Gasteiger charge is -2.28. The number of nitrogens with zero attached hydrogens (tertiary/aromatic N) is 1. The quantitative estimate of drug-likeness (QED) is 0.680. The third-order valence-electron chi connectivity index (χ3n) is 4.00. The Kier molecular flexibility index (Phi) is 5.05. The van der Waals surface area contributed by atoms with Crippen molar-refractivity contribution in [3.63, 3.8) is 0 Å². The van der Waals surface area contributed by atoms with E-state index in [0.717, 1.165) is 19.3 Å². The molecule has 1 aliphatic carbocycles. The van der Waals surface area contributed by atoms with Crippen molar-refractivity contribution in [2.75, 3.05) is 0 Å². The van der Waals surface area contributed by atoms with E-state index in [1.807, 2.05) is 0 Å². The minimum atomic E-state index is -0.104. The first-order valence-electron chi connectivity index (χ1n) is 6.90. The van der Waals surface area contributed by atoms with Gasteiger partial charge in [0.2, 0.25) is 0 Å². The van der Waals surface area contributed by atoms with Gasteiger partial charge in [-0.2, -0.15) is 5.26 Å². The number of hydrogen-bond donors (Lipinski definition) is 0. The number of nitriles is 1. The fourth-order valence-electron chi connectivity index (χ4n) is 2.90. The third-order valence-corrected chi connectivity index (χ3v) is 4.72. The van der Waals surface area contributed by atoms with Crippen LogP contribution in [0.25, 0.3) is 0 Å². The van der Waals surface area contributed by atoms with Crippen molar-refractivity contribution in [3.05, 3.63) is 33.4 Å². The minimum absolute atomic E-state index is 0.104. The standard InChI is InChI=1S/C16H20IN/c17-15-8-6-14(7-9-15)12-16(13-18)10-4-2-1-3-5-11-16/h6-9H,1-5,10-12H2. The van der Waals surface area contributed by atoms with Crippen molar-refractivity contribution in [2.45, 2.75) is 51.4 Å². The van der Waals surface area contributed by atoms with Gasteiger partial charge in [-0.15, -0.1) is 0 Å². The highest BCUT2D eigenvalue weighted by atomic mass is 127. The molecule has 1 fully saturated rings. The van der Waals surface area contributed by atoms with Crippen molar-refractivity contribution in [1.29, 1.82) is 5.26 Å². The number of benzene rings is 1. The van der Waals surface area contributed by atoms with Crippen LogP contribution in [0.1, 0.15) is 50.5 Å². The molecule has 1 saturated carbocycles. The molecule has 0 amide bonds. The van der Waals surface area contributed by atoms with Crippen LogP contribution in [0.5, 0.6) is 0 Å². The molecule has 0 N–H and O–H groups in total. The van der Waals surface area contributed by atoms with Crippen LogP contribution in [0, 0.1) is 20.3 Å². The SMILES string of the molecule is N#CC1(Cc2ccc(I)cc2)CCCCCCC1. The Hall–Kier alpha value is -0.560. The molecular weight excluding hydrogens is 333 g/mol. The molecule has 0 atom stereocenters. The van der Waals surface area contributed by atoms with Crippen LogP contribution in [-0.4, -0.2) is 0 Å². The number of rotatable bonds is 2. The van der Waals surface area contributed by atoms with Crippen molar-refractivity contribution >= 4 is 22.6 Å². The lowest BCUT2D eigenvalue weighted by Crippen LogP contribution is -2.23. The summed E-state index contributed by atoms with van der Waals surface area (Å²) in [6, 6.07) is 11.3. The van der Waals surface area contributed by atoms with E-state index in [9.17, 15) is 5.26 Å². The summed E-state index contributed by atoms with van der Waals surface area (Å²) in [5.41, 5.74) is 1.21. The van der Waals surface area contributed by atoms with Gasteiger partial charge >= 0.3 is 0 Å². The predicted molar refractivity (Wildman–Crippen MR) is 83.2 cm³/mol. The van der Waals surface area contributed by atoms with Crippen LogP contribution in [0.3, 0.4) is 0 Å². The van der Waals surface area contributed by atoms with Crippen LogP contribution in [0.4, 0.5) is 0 Å². The summed E-state index contributed by atoms with van der Waals surface area (Å²) >= 11 is 2.33. The van der Waals surface area contributed by atoms with Crippen molar-refractivity contribution in [3.8, 4) is 6.07 Å². The van der Waals surface area contributed by atoms with Gasteiger partial charge in [0.05, 0.1) is 11.5 Å². The van der Waals surface area contributed by atoms with Crippen LogP contribution < -0.4 is 0 Å². The van der Waals surface area contributed by atoms with E-state index in [1.165, 1.54) is 41.2 Å². The lowest BCUT2D eigenvalue weighted by atomic mass is 9.73. The number of hydrogen-bond acceptors (Lipinski definition) is 1. The first-order chi connectivity index (χ1) is 8.74. The second-order valence-electron chi connectivity index (χ2n) is 5.46. The lowest BCUT2D eigenvalue weighted by molar-refractivity contribution is 0.287. The molecule has 0 unspecified atom stereocenters. The molecule has 0 aliphatic heterocycles. The van der Waals surface area contributed by atoms with Gasteiger partial charge < -0.3 is 0 Å². The molecule has 0 spiro atoms. The van der Waals surface area contributed by atoms with Gasteiger partial charge in [-0.1, -0.05) is 44.2 Å². The number of halogens is 1. The van der Waals surface area contributed by atoms with E-state index >= 15 is 0 Å². The minimum Gasteiger partial charge on any atom is -0.198 e. The van der Waals surface area contributed by atoms with E-state index in [1.54, 1.807) is 0 Å². The van der Waals surface area contributed by atoms with Gasteiger partial charge in [-0.25, -0.2) is 0 Å². The smallest absolute Gasteiger partial charge is 0.0693 e. The fraction of sp³-hybridized carbons (Fsp3) is 0.562. The Bertz CT molecular complexity index is 408. The molecule has 1 nitrogen and oxygen atoms in total. The van der Waals surface area contributed by atoms with Crippen LogP contribution in [0.2, 0.25) is 0 Å². The second kappa shape index (κ2) is 6.56. The average Bonchev–Trinajstić information content (AvgIpc) is 2.36. The summed E-state index contributed by atoms with van der Waals surface area (Å²) < 4.78 is 1.26.